The van der Waals surface area contributed by atoms with Crippen LogP contribution in [0.5, 0.6) is 0 Å². The van der Waals surface area contributed by atoms with Crippen LogP contribution in [-0.2, 0) is 7.05 Å². The molecular formula is C3H4N4O2. The molecule has 0 aliphatic heterocycles. The molecule has 1 rings (SSSR count). The van der Waals surface area contributed by atoms with Gasteiger partial charge in [-0.2, -0.15) is 0 Å². The minimum atomic E-state index is -1.12. The smallest absolute Gasteiger partial charge is 0.375 e. The summed E-state index contributed by atoms with van der Waals surface area (Å²) in [6.07, 6.45) is 0. The Kier molecular flexibility index (Phi) is 1.14. The molecule has 9 heavy (non-hydrogen) atoms. The van der Waals surface area contributed by atoms with Gasteiger partial charge in [-0.1, -0.05) is 0 Å². The summed E-state index contributed by atoms with van der Waals surface area (Å²) in [5, 5.41) is 17.9. The first-order valence-electron chi connectivity index (χ1n) is 2.17. The first kappa shape index (κ1) is 5.67. The number of rotatable bonds is 1. The van der Waals surface area contributed by atoms with Crippen LogP contribution >= 0.6 is 0 Å². The molecule has 0 aliphatic carbocycles. The first-order valence-corrected chi connectivity index (χ1v) is 2.17. The van der Waals surface area contributed by atoms with Gasteiger partial charge in [0.15, 0.2) is 0 Å². The highest BCUT2D eigenvalue weighted by Crippen LogP contribution is 1.84. The van der Waals surface area contributed by atoms with Gasteiger partial charge >= 0.3 is 5.97 Å². The normalized spacial score (nSPS) is 9.44. The second-order valence-electron chi connectivity index (χ2n) is 1.43. The molecule has 0 saturated carbocycles. The largest absolute Gasteiger partial charge is 0.475 e. The SMILES string of the molecule is Cn1nnnc1C(=O)O. The van der Waals surface area contributed by atoms with Crippen molar-refractivity contribution in [1.29, 1.82) is 0 Å². The number of nitrogens with zero attached hydrogens (tertiary/aromatic N) is 4. The quantitative estimate of drug-likeness (QED) is 0.519. The molecule has 48 valence electrons. The number of aromatic carboxylic acids is 1. The fourth-order valence-corrected chi connectivity index (χ4v) is 0.411. The predicted octanol–water partition coefficient (Wildman–Crippen LogP) is -1.09. The van der Waals surface area contributed by atoms with E-state index >= 15 is 0 Å². The topological polar surface area (TPSA) is 80.9 Å². The monoisotopic (exact) mass is 128 g/mol. The van der Waals surface area contributed by atoms with Gasteiger partial charge in [-0.3, -0.25) is 0 Å². The lowest BCUT2D eigenvalue weighted by Gasteiger charge is -1.86. The Bertz CT molecular complexity index is 229. The second-order valence-corrected chi connectivity index (χ2v) is 1.43. The van der Waals surface area contributed by atoms with Crippen molar-refractivity contribution in [2.75, 3.05) is 0 Å². The van der Waals surface area contributed by atoms with Crippen molar-refractivity contribution in [2.24, 2.45) is 7.05 Å². The molecule has 1 heterocycles. The maximum Gasteiger partial charge on any atom is 0.375 e. The van der Waals surface area contributed by atoms with Crippen LogP contribution in [0, 0.1) is 0 Å². The molecule has 0 bridgehead atoms. The van der Waals surface area contributed by atoms with Gasteiger partial charge < -0.3 is 5.11 Å². The highest BCUT2D eigenvalue weighted by atomic mass is 16.4. The highest BCUT2D eigenvalue weighted by Gasteiger charge is 2.08. The minimum absolute atomic E-state index is 0.157. The highest BCUT2D eigenvalue weighted by molar-refractivity contribution is 5.82. The third-order valence-electron chi connectivity index (χ3n) is 0.811. The molecule has 1 aromatic rings. The minimum Gasteiger partial charge on any atom is -0.475 e. The Morgan fingerprint density at radius 3 is 2.67 bits per heavy atom. The van der Waals surface area contributed by atoms with E-state index in [-0.39, 0.29) is 5.82 Å². The number of carboxylic acid groups (broad SMARTS) is 1. The zero-order valence-corrected chi connectivity index (χ0v) is 4.64. The van der Waals surface area contributed by atoms with E-state index < -0.39 is 5.97 Å². The number of hydrogen-bond acceptors (Lipinski definition) is 4. The van der Waals surface area contributed by atoms with Gasteiger partial charge in [0.1, 0.15) is 0 Å². The van der Waals surface area contributed by atoms with E-state index in [0.717, 1.165) is 4.68 Å². The second kappa shape index (κ2) is 1.81. The molecule has 0 saturated heterocycles. The number of tetrazole rings is 1. The summed E-state index contributed by atoms with van der Waals surface area (Å²) in [5.74, 6) is -1.28. The number of aryl methyl sites for hydroxylation is 1. The van der Waals surface area contributed by atoms with Crippen molar-refractivity contribution < 1.29 is 9.90 Å². The molecule has 0 unspecified atom stereocenters. The predicted molar refractivity (Wildman–Crippen MR) is 25.8 cm³/mol. The maximum atomic E-state index is 10.1. The number of hydrogen-bond donors (Lipinski definition) is 1. The summed E-state index contributed by atoms with van der Waals surface area (Å²) >= 11 is 0. The van der Waals surface area contributed by atoms with Crippen LogP contribution in [0.25, 0.3) is 0 Å². The molecule has 0 atom stereocenters. The van der Waals surface area contributed by atoms with E-state index in [1.54, 1.807) is 0 Å². The Balaban J connectivity index is 3.08. The Morgan fingerprint density at radius 1 is 1.78 bits per heavy atom. The van der Waals surface area contributed by atoms with Crippen LogP contribution in [0.2, 0.25) is 0 Å². The van der Waals surface area contributed by atoms with Crippen molar-refractivity contribution in [3.63, 3.8) is 0 Å². The summed E-state index contributed by atoms with van der Waals surface area (Å²) in [6, 6.07) is 0. The van der Waals surface area contributed by atoms with Crippen molar-refractivity contribution in [3.05, 3.63) is 5.82 Å². The van der Waals surface area contributed by atoms with Gasteiger partial charge in [0.2, 0.25) is 0 Å². The molecule has 0 fully saturated rings. The lowest BCUT2D eigenvalue weighted by atomic mass is 10.6. The fourth-order valence-electron chi connectivity index (χ4n) is 0.411. The Labute approximate surface area is 50.1 Å². The summed E-state index contributed by atoms with van der Waals surface area (Å²) < 4.78 is 1.09. The average Bonchev–Trinajstić information content (AvgIpc) is 2.13. The average molecular weight is 128 g/mol. The Morgan fingerprint density at radius 2 is 2.44 bits per heavy atom. The zero-order valence-electron chi connectivity index (χ0n) is 4.64. The molecule has 1 aromatic heterocycles. The van der Waals surface area contributed by atoms with Crippen molar-refractivity contribution in [3.8, 4) is 0 Å². The van der Waals surface area contributed by atoms with E-state index in [1.807, 2.05) is 0 Å². The standard InChI is InChI=1S/C3H4N4O2/c1-7-2(3(8)9)4-5-6-7/h1H3,(H,8,9). The summed E-state index contributed by atoms with van der Waals surface area (Å²) in [5.41, 5.74) is 0. The van der Waals surface area contributed by atoms with Gasteiger partial charge in [0.05, 0.1) is 0 Å². The molecule has 0 spiro atoms. The van der Waals surface area contributed by atoms with Gasteiger partial charge in [-0.05, 0) is 10.4 Å². The third-order valence-corrected chi connectivity index (χ3v) is 0.811. The van der Waals surface area contributed by atoms with Crippen LogP contribution in [0.1, 0.15) is 10.6 Å². The molecule has 1 N–H and O–H groups in total. The Hall–Kier alpha value is -1.46. The van der Waals surface area contributed by atoms with Gasteiger partial charge in [0, 0.05) is 7.05 Å². The number of carbonyl (C=O) groups is 1. The molecular weight excluding hydrogens is 124 g/mol. The van der Waals surface area contributed by atoms with Crippen LogP contribution < -0.4 is 0 Å². The lowest BCUT2D eigenvalue weighted by molar-refractivity contribution is 0.0678. The van der Waals surface area contributed by atoms with E-state index in [1.165, 1.54) is 7.05 Å². The van der Waals surface area contributed by atoms with Crippen LogP contribution in [0.3, 0.4) is 0 Å². The summed E-state index contributed by atoms with van der Waals surface area (Å²) in [6.45, 7) is 0. The van der Waals surface area contributed by atoms with E-state index in [9.17, 15) is 4.79 Å². The number of carboxylic acids is 1. The van der Waals surface area contributed by atoms with E-state index in [4.69, 9.17) is 5.11 Å². The van der Waals surface area contributed by atoms with Gasteiger partial charge in [-0.15, -0.1) is 5.10 Å². The summed E-state index contributed by atoms with van der Waals surface area (Å²) in [7, 11) is 1.46. The van der Waals surface area contributed by atoms with Gasteiger partial charge in [-0.25, -0.2) is 9.48 Å². The molecule has 0 amide bonds. The van der Waals surface area contributed by atoms with Crippen molar-refractivity contribution >= 4 is 5.97 Å². The van der Waals surface area contributed by atoms with Gasteiger partial charge in [0.25, 0.3) is 5.82 Å². The van der Waals surface area contributed by atoms with Crippen molar-refractivity contribution in [1.82, 2.24) is 20.2 Å². The molecule has 6 nitrogen and oxygen atoms in total. The van der Waals surface area contributed by atoms with Crippen LogP contribution in [-0.4, -0.2) is 31.3 Å². The molecule has 0 aromatic carbocycles. The first-order chi connectivity index (χ1) is 4.22. The maximum absolute atomic E-state index is 10.1. The molecule has 6 heteroatoms. The number of aromatic nitrogens is 4. The molecule has 0 aliphatic rings. The van der Waals surface area contributed by atoms with Crippen LogP contribution in [0.15, 0.2) is 0 Å². The van der Waals surface area contributed by atoms with Crippen molar-refractivity contribution in [2.45, 2.75) is 0 Å². The third kappa shape index (κ3) is 0.857. The summed E-state index contributed by atoms with van der Waals surface area (Å²) in [4.78, 5) is 10.1. The molecule has 0 radical (unpaired) electrons. The lowest BCUT2D eigenvalue weighted by Crippen LogP contribution is -2.06. The van der Waals surface area contributed by atoms with E-state index in [0.29, 0.717) is 0 Å². The van der Waals surface area contributed by atoms with E-state index in [2.05, 4.69) is 15.5 Å². The zero-order chi connectivity index (χ0) is 6.85. The van der Waals surface area contributed by atoms with Crippen LogP contribution in [0.4, 0.5) is 0 Å². The fraction of sp³-hybridized carbons (Fsp3) is 0.333.